The van der Waals surface area contributed by atoms with Crippen LogP contribution in [0.3, 0.4) is 0 Å². The summed E-state index contributed by atoms with van der Waals surface area (Å²) in [5, 5.41) is 7.23. The van der Waals surface area contributed by atoms with Gasteiger partial charge in [-0.1, -0.05) is 0 Å². The summed E-state index contributed by atoms with van der Waals surface area (Å²) < 4.78 is 7.48. The fourth-order valence-corrected chi connectivity index (χ4v) is 2.80. The lowest BCUT2D eigenvalue weighted by Crippen LogP contribution is -2.56. The third kappa shape index (κ3) is 2.86. The first-order valence-electron chi connectivity index (χ1n) is 7.36. The summed E-state index contributed by atoms with van der Waals surface area (Å²) in [5.74, 6) is 0.0967. The number of amides is 1. The minimum absolute atomic E-state index is 0.0804. The monoisotopic (exact) mass is 278 g/mol. The second-order valence-corrected chi connectivity index (χ2v) is 5.65. The van der Waals surface area contributed by atoms with Gasteiger partial charge in [0.2, 0.25) is 5.91 Å². The normalized spacial score (nSPS) is 25.4. The Morgan fingerprint density at radius 3 is 3.05 bits per heavy atom. The number of carbonyl (C=O) groups is 1. The van der Waals surface area contributed by atoms with Crippen molar-refractivity contribution >= 4 is 5.91 Å². The van der Waals surface area contributed by atoms with Crippen molar-refractivity contribution < 1.29 is 9.53 Å². The Morgan fingerprint density at radius 1 is 1.55 bits per heavy atom. The van der Waals surface area contributed by atoms with Crippen molar-refractivity contribution in [2.75, 3.05) is 26.2 Å². The fourth-order valence-electron chi connectivity index (χ4n) is 2.80. The van der Waals surface area contributed by atoms with Gasteiger partial charge in [0, 0.05) is 38.6 Å². The van der Waals surface area contributed by atoms with E-state index in [2.05, 4.69) is 15.3 Å². The number of rotatable bonds is 5. The lowest BCUT2D eigenvalue weighted by molar-refractivity contribution is -0.128. The molecule has 3 rings (SSSR count). The maximum Gasteiger partial charge on any atom is 0.237 e. The summed E-state index contributed by atoms with van der Waals surface area (Å²) in [4.78, 5) is 14.3. The van der Waals surface area contributed by atoms with Gasteiger partial charge in [0.1, 0.15) is 0 Å². The molecule has 0 radical (unpaired) electrons. The van der Waals surface area contributed by atoms with Crippen LogP contribution < -0.4 is 5.32 Å². The fraction of sp³-hybridized carbons (Fsp3) is 0.714. The Bertz CT molecular complexity index is 436. The van der Waals surface area contributed by atoms with Crippen molar-refractivity contribution in [3.8, 4) is 0 Å². The minimum atomic E-state index is -0.0804. The van der Waals surface area contributed by atoms with E-state index in [9.17, 15) is 4.79 Å². The van der Waals surface area contributed by atoms with Gasteiger partial charge in [-0.15, -0.1) is 0 Å². The highest BCUT2D eigenvalue weighted by Gasteiger charge is 2.34. The molecule has 0 unspecified atom stereocenters. The molecule has 0 aromatic carbocycles. The predicted molar refractivity (Wildman–Crippen MR) is 74.3 cm³/mol. The predicted octanol–water partition coefficient (Wildman–Crippen LogP) is 0.424. The molecule has 0 aliphatic carbocycles. The largest absolute Gasteiger partial charge is 0.376 e. The summed E-state index contributed by atoms with van der Waals surface area (Å²) in [6, 6.07) is 2.25. The highest BCUT2D eigenvalue weighted by molar-refractivity contribution is 5.81. The van der Waals surface area contributed by atoms with Crippen molar-refractivity contribution in [2.45, 2.75) is 38.0 Å². The molecule has 2 saturated heterocycles. The first kappa shape index (κ1) is 13.6. The quantitative estimate of drug-likeness (QED) is 0.848. The summed E-state index contributed by atoms with van der Waals surface area (Å²) in [7, 11) is 0. The standard InChI is InChI=1S/C14H22N4O2/c1-11(14(19)15-8-13-4-2-7-20-13)17-9-12(10-17)18-6-3-5-16-18/h3,5-6,11-13H,2,4,7-10H2,1H3,(H,15,19)/t11-,13+/m0/s1. The molecule has 2 fully saturated rings. The van der Waals surface area contributed by atoms with Crippen LogP contribution in [0, 0.1) is 0 Å². The molecule has 1 N–H and O–H groups in total. The van der Waals surface area contributed by atoms with Crippen LogP contribution in [0.5, 0.6) is 0 Å². The highest BCUT2D eigenvalue weighted by atomic mass is 16.5. The van der Waals surface area contributed by atoms with E-state index >= 15 is 0 Å². The molecule has 2 aliphatic heterocycles. The van der Waals surface area contributed by atoms with Crippen molar-refractivity contribution in [3.05, 3.63) is 18.5 Å². The number of aromatic nitrogens is 2. The zero-order chi connectivity index (χ0) is 13.9. The van der Waals surface area contributed by atoms with E-state index in [0.29, 0.717) is 12.6 Å². The van der Waals surface area contributed by atoms with Crippen LogP contribution in [0.15, 0.2) is 18.5 Å². The van der Waals surface area contributed by atoms with E-state index in [-0.39, 0.29) is 18.1 Å². The molecule has 1 aromatic rings. The van der Waals surface area contributed by atoms with E-state index < -0.39 is 0 Å². The Balaban J connectivity index is 1.40. The lowest BCUT2D eigenvalue weighted by Gasteiger charge is -2.42. The van der Waals surface area contributed by atoms with Gasteiger partial charge in [-0.05, 0) is 25.8 Å². The maximum absolute atomic E-state index is 12.1. The van der Waals surface area contributed by atoms with E-state index in [4.69, 9.17) is 4.74 Å². The number of nitrogens with zero attached hydrogens (tertiary/aromatic N) is 3. The lowest BCUT2D eigenvalue weighted by atomic mass is 10.1. The van der Waals surface area contributed by atoms with Crippen LogP contribution in [0.4, 0.5) is 0 Å². The summed E-state index contributed by atoms with van der Waals surface area (Å²) in [6.07, 6.45) is 6.14. The van der Waals surface area contributed by atoms with Crippen molar-refractivity contribution in [3.63, 3.8) is 0 Å². The zero-order valence-electron chi connectivity index (χ0n) is 11.9. The highest BCUT2D eigenvalue weighted by Crippen LogP contribution is 2.22. The maximum atomic E-state index is 12.1. The second kappa shape index (κ2) is 5.93. The Kier molecular flexibility index (Phi) is 4.03. The third-order valence-corrected chi connectivity index (χ3v) is 4.24. The van der Waals surface area contributed by atoms with Crippen molar-refractivity contribution in [1.29, 1.82) is 0 Å². The number of ether oxygens (including phenoxy) is 1. The minimum Gasteiger partial charge on any atom is -0.376 e. The average Bonchev–Trinajstić information content (AvgIpc) is 3.07. The molecular formula is C14H22N4O2. The van der Waals surface area contributed by atoms with E-state index in [1.165, 1.54) is 0 Å². The van der Waals surface area contributed by atoms with Gasteiger partial charge >= 0.3 is 0 Å². The number of hydrogen-bond donors (Lipinski definition) is 1. The third-order valence-electron chi connectivity index (χ3n) is 4.24. The van der Waals surface area contributed by atoms with E-state index in [1.807, 2.05) is 23.9 Å². The van der Waals surface area contributed by atoms with Crippen molar-refractivity contribution in [2.24, 2.45) is 0 Å². The molecule has 20 heavy (non-hydrogen) atoms. The molecule has 0 bridgehead atoms. The SMILES string of the molecule is C[C@@H](C(=O)NC[C@H]1CCCO1)N1CC(n2cccn2)C1. The van der Waals surface area contributed by atoms with Crippen LogP contribution in [-0.2, 0) is 9.53 Å². The topological polar surface area (TPSA) is 59.4 Å². The summed E-state index contributed by atoms with van der Waals surface area (Å²) >= 11 is 0. The smallest absolute Gasteiger partial charge is 0.237 e. The Hall–Kier alpha value is -1.40. The molecular weight excluding hydrogens is 256 g/mol. The van der Waals surface area contributed by atoms with Gasteiger partial charge in [0.05, 0.1) is 18.2 Å². The molecule has 1 amide bonds. The molecule has 0 saturated carbocycles. The van der Waals surface area contributed by atoms with Gasteiger partial charge in [0.25, 0.3) is 0 Å². The van der Waals surface area contributed by atoms with Crippen LogP contribution in [-0.4, -0.2) is 59.0 Å². The molecule has 0 spiro atoms. The van der Waals surface area contributed by atoms with Crippen LogP contribution in [0.1, 0.15) is 25.8 Å². The van der Waals surface area contributed by atoms with E-state index in [1.54, 1.807) is 6.20 Å². The van der Waals surface area contributed by atoms with Gasteiger partial charge in [-0.3, -0.25) is 14.4 Å². The number of likely N-dealkylation sites (tertiary alicyclic amines) is 1. The molecule has 3 heterocycles. The van der Waals surface area contributed by atoms with Gasteiger partial charge < -0.3 is 10.1 Å². The Labute approximate surface area is 119 Å². The van der Waals surface area contributed by atoms with Gasteiger partial charge in [-0.25, -0.2) is 0 Å². The zero-order valence-corrected chi connectivity index (χ0v) is 11.9. The van der Waals surface area contributed by atoms with Crippen LogP contribution in [0.25, 0.3) is 0 Å². The molecule has 1 aromatic heterocycles. The summed E-state index contributed by atoms with van der Waals surface area (Å²) in [5.41, 5.74) is 0. The van der Waals surface area contributed by atoms with Gasteiger partial charge in [-0.2, -0.15) is 5.10 Å². The van der Waals surface area contributed by atoms with Crippen LogP contribution in [0.2, 0.25) is 0 Å². The first-order valence-corrected chi connectivity index (χ1v) is 7.36. The first-order chi connectivity index (χ1) is 9.74. The molecule has 2 aliphatic rings. The number of hydrogen-bond acceptors (Lipinski definition) is 4. The van der Waals surface area contributed by atoms with Crippen LogP contribution >= 0.6 is 0 Å². The molecule has 110 valence electrons. The Morgan fingerprint density at radius 2 is 2.40 bits per heavy atom. The average molecular weight is 278 g/mol. The number of nitrogens with one attached hydrogen (secondary N) is 1. The van der Waals surface area contributed by atoms with Crippen molar-refractivity contribution in [1.82, 2.24) is 20.0 Å². The van der Waals surface area contributed by atoms with E-state index in [0.717, 1.165) is 32.5 Å². The summed E-state index contributed by atoms with van der Waals surface area (Å²) in [6.45, 7) is 5.20. The molecule has 2 atom stereocenters. The molecule has 6 heteroatoms. The number of carbonyl (C=O) groups excluding carboxylic acids is 1. The second-order valence-electron chi connectivity index (χ2n) is 5.65. The van der Waals surface area contributed by atoms with Gasteiger partial charge in [0.15, 0.2) is 0 Å². The molecule has 6 nitrogen and oxygen atoms in total.